The number of para-hydroxylation sites is 2. The molecule has 43 heavy (non-hydrogen) atoms. The summed E-state index contributed by atoms with van der Waals surface area (Å²) in [5.74, 6) is 1.30. The van der Waals surface area contributed by atoms with E-state index in [0.29, 0.717) is 65.4 Å². The highest BCUT2D eigenvalue weighted by Crippen LogP contribution is 2.39. The number of phenols is 2. The monoisotopic (exact) mass is 581 g/mol. The van der Waals surface area contributed by atoms with Gasteiger partial charge < -0.3 is 19.7 Å². The number of carbonyl (C=O) groups is 1. The van der Waals surface area contributed by atoms with Crippen molar-refractivity contribution in [1.29, 1.82) is 0 Å². The van der Waals surface area contributed by atoms with E-state index in [1.807, 2.05) is 50.2 Å². The maximum absolute atomic E-state index is 12.0. The van der Waals surface area contributed by atoms with Gasteiger partial charge in [0.25, 0.3) is 5.69 Å². The Balaban J connectivity index is 1.79. The van der Waals surface area contributed by atoms with E-state index >= 15 is 0 Å². The van der Waals surface area contributed by atoms with Gasteiger partial charge in [0.15, 0.2) is 0 Å². The molecule has 5 rings (SSSR count). The summed E-state index contributed by atoms with van der Waals surface area (Å²) in [6, 6.07) is 17.5. The van der Waals surface area contributed by atoms with Crippen molar-refractivity contribution < 1.29 is 29.4 Å². The van der Waals surface area contributed by atoms with Crippen LogP contribution in [-0.2, 0) is 25.7 Å². The topological polar surface area (TPSA) is 119 Å². The number of nitrogens with zero attached hydrogens (tertiary/aromatic N) is 1. The molecule has 0 heterocycles. The number of nitro benzene ring substituents is 1. The SMILES string of the molecule is CCCOc1c2cccc1Cc1cc([N+](=O)[O-])cc(c1O)Cc1cccc(c1OCCC)Cc1cc(C=O)cc(c1O)C2. The summed E-state index contributed by atoms with van der Waals surface area (Å²) in [5.41, 5.74) is 5.42. The van der Waals surface area contributed by atoms with Crippen LogP contribution in [0, 0.1) is 10.1 Å². The molecule has 8 heteroatoms. The van der Waals surface area contributed by atoms with Gasteiger partial charge in [-0.25, -0.2) is 0 Å². The predicted octanol–water partition coefficient (Wildman–Crippen LogP) is 7.07. The standard InChI is InChI=1S/C35H35NO7/c1-3-11-42-34-23-7-5-9-25(34)17-29-19-31(36(40)41)20-30(33(29)39)18-26-10-6-8-24(35(26)43-12-4-2)16-28-14-22(21-37)13-27(15-23)32(28)38/h5-10,13-14,19-21,38-39H,3-4,11-12,15-18H2,1-2H3. The minimum atomic E-state index is -0.444. The number of aldehydes is 1. The number of non-ortho nitro benzene ring substituents is 1. The van der Waals surface area contributed by atoms with Gasteiger partial charge in [-0.1, -0.05) is 50.2 Å². The Kier molecular flexibility index (Phi) is 8.95. The van der Waals surface area contributed by atoms with Gasteiger partial charge in [-0.05, 0) is 58.4 Å². The third-order valence-electron chi connectivity index (χ3n) is 7.67. The quantitative estimate of drug-likeness (QED) is 0.114. The van der Waals surface area contributed by atoms with Crippen LogP contribution >= 0.6 is 0 Å². The first kappa shape index (κ1) is 29.6. The normalized spacial score (nSPS) is 12.4. The maximum Gasteiger partial charge on any atom is 0.270 e. The molecular formula is C35H35NO7. The minimum Gasteiger partial charge on any atom is -0.507 e. The Morgan fingerprint density at radius 1 is 0.698 bits per heavy atom. The molecule has 4 aromatic carbocycles. The van der Waals surface area contributed by atoms with E-state index in [-0.39, 0.29) is 30.0 Å². The molecule has 0 atom stereocenters. The van der Waals surface area contributed by atoms with Crippen LogP contribution in [0.15, 0.2) is 60.7 Å². The van der Waals surface area contributed by atoms with Crippen molar-refractivity contribution in [2.24, 2.45) is 0 Å². The van der Waals surface area contributed by atoms with Gasteiger partial charge in [0.05, 0.1) is 18.1 Å². The zero-order chi connectivity index (χ0) is 30.5. The molecule has 222 valence electrons. The lowest BCUT2D eigenvalue weighted by molar-refractivity contribution is -0.385. The lowest BCUT2D eigenvalue weighted by Gasteiger charge is -2.20. The molecule has 1 aliphatic carbocycles. The van der Waals surface area contributed by atoms with Gasteiger partial charge in [-0.15, -0.1) is 0 Å². The van der Waals surface area contributed by atoms with Crippen LogP contribution in [0.3, 0.4) is 0 Å². The summed E-state index contributed by atoms with van der Waals surface area (Å²) < 4.78 is 12.4. The number of carbonyl (C=O) groups excluding carboxylic acids is 1. The largest absolute Gasteiger partial charge is 0.507 e. The summed E-state index contributed by atoms with van der Waals surface area (Å²) in [5, 5.41) is 35.0. The zero-order valence-corrected chi connectivity index (χ0v) is 24.4. The molecule has 0 aromatic heterocycles. The number of rotatable bonds is 8. The number of hydrogen-bond acceptors (Lipinski definition) is 7. The molecule has 4 aromatic rings. The Hall–Kier alpha value is -4.85. The Bertz CT molecular complexity index is 1570. The molecule has 0 aliphatic heterocycles. The second-order valence-electron chi connectivity index (χ2n) is 10.9. The molecule has 8 nitrogen and oxygen atoms in total. The Labute approximate surface area is 250 Å². The van der Waals surface area contributed by atoms with Crippen LogP contribution in [0.2, 0.25) is 0 Å². The highest BCUT2D eigenvalue weighted by atomic mass is 16.6. The molecule has 0 unspecified atom stereocenters. The lowest BCUT2D eigenvalue weighted by Crippen LogP contribution is -2.07. The summed E-state index contributed by atoms with van der Waals surface area (Å²) in [7, 11) is 0. The van der Waals surface area contributed by atoms with Crippen LogP contribution in [0.5, 0.6) is 23.0 Å². The fourth-order valence-electron chi connectivity index (χ4n) is 5.67. The predicted molar refractivity (Wildman–Crippen MR) is 164 cm³/mol. The maximum atomic E-state index is 12.0. The number of benzene rings is 4. The number of aromatic hydroxyl groups is 2. The van der Waals surface area contributed by atoms with Gasteiger partial charge in [-0.3, -0.25) is 14.9 Å². The molecule has 0 spiro atoms. The lowest BCUT2D eigenvalue weighted by atomic mass is 9.90. The third kappa shape index (κ3) is 6.33. The van der Waals surface area contributed by atoms with Gasteiger partial charge >= 0.3 is 0 Å². The fraction of sp³-hybridized carbons (Fsp3) is 0.286. The Morgan fingerprint density at radius 2 is 1.07 bits per heavy atom. The molecule has 0 fully saturated rings. The average molecular weight is 582 g/mol. The van der Waals surface area contributed by atoms with E-state index in [9.17, 15) is 25.1 Å². The summed E-state index contributed by atoms with van der Waals surface area (Å²) >= 11 is 0. The number of hydrogen-bond donors (Lipinski definition) is 2. The van der Waals surface area contributed by atoms with E-state index in [0.717, 1.165) is 41.4 Å². The van der Waals surface area contributed by atoms with Crippen molar-refractivity contribution in [3.05, 3.63) is 121 Å². The fourth-order valence-corrected chi connectivity index (χ4v) is 5.67. The number of ether oxygens (including phenoxy) is 2. The number of nitro groups is 1. The van der Waals surface area contributed by atoms with Crippen LogP contribution < -0.4 is 9.47 Å². The molecule has 2 N–H and O–H groups in total. The van der Waals surface area contributed by atoms with Crippen molar-refractivity contribution in [2.75, 3.05) is 13.2 Å². The van der Waals surface area contributed by atoms with Crippen LogP contribution in [-0.4, -0.2) is 34.6 Å². The van der Waals surface area contributed by atoms with Crippen LogP contribution in [0.4, 0.5) is 5.69 Å². The van der Waals surface area contributed by atoms with Crippen molar-refractivity contribution in [2.45, 2.75) is 52.4 Å². The van der Waals surface area contributed by atoms with Crippen molar-refractivity contribution in [3.8, 4) is 23.0 Å². The Morgan fingerprint density at radius 3 is 1.40 bits per heavy atom. The molecular weight excluding hydrogens is 546 g/mol. The number of fused-ring (bicyclic) bond motifs is 8. The summed E-state index contributed by atoms with van der Waals surface area (Å²) in [4.78, 5) is 23.5. The van der Waals surface area contributed by atoms with Gasteiger partial charge in [-0.2, -0.15) is 0 Å². The van der Waals surface area contributed by atoms with Crippen molar-refractivity contribution in [1.82, 2.24) is 0 Å². The highest BCUT2D eigenvalue weighted by molar-refractivity contribution is 5.77. The smallest absolute Gasteiger partial charge is 0.270 e. The van der Waals surface area contributed by atoms with Crippen molar-refractivity contribution in [3.63, 3.8) is 0 Å². The minimum absolute atomic E-state index is 0.00475. The van der Waals surface area contributed by atoms with E-state index in [1.165, 1.54) is 12.1 Å². The number of phenolic OH excluding ortho intramolecular Hbond substituents is 2. The van der Waals surface area contributed by atoms with Gasteiger partial charge in [0.1, 0.15) is 29.3 Å². The van der Waals surface area contributed by atoms with Crippen LogP contribution in [0.25, 0.3) is 0 Å². The zero-order valence-electron chi connectivity index (χ0n) is 24.4. The van der Waals surface area contributed by atoms with Crippen molar-refractivity contribution >= 4 is 12.0 Å². The van der Waals surface area contributed by atoms with E-state index < -0.39 is 4.92 Å². The molecule has 0 saturated heterocycles. The van der Waals surface area contributed by atoms with Gasteiger partial charge in [0.2, 0.25) is 0 Å². The van der Waals surface area contributed by atoms with E-state index in [1.54, 1.807) is 12.1 Å². The second kappa shape index (κ2) is 13.0. The second-order valence-corrected chi connectivity index (χ2v) is 10.9. The summed E-state index contributed by atoms with van der Waals surface area (Å²) in [6.07, 6.45) is 3.27. The van der Waals surface area contributed by atoms with Crippen LogP contribution in [0.1, 0.15) is 81.6 Å². The first-order valence-corrected chi connectivity index (χ1v) is 14.6. The summed E-state index contributed by atoms with van der Waals surface area (Å²) in [6.45, 7) is 4.88. The molecule has 1 aliphatic rings. The van der Waals surface area contributed by atoms with E-state index in [2.05, 4.69) is 0 Å². The molecule has 8 bridgehead atoms. The van der Waals surface area contributed by atoms with E-state index in [4.69, 9.17) is 9.47 Å². The molecule has 0 saturated carbocycles. The molecule has 0 radical (unpaired) electrons. The third-order valence-corrected chi connectivity index (χ3v) is 7.67. The average Bonchev–Trinajstić information content (AvgIpc) is 2.99. The first-order chi connectivity index (χ1) is 20.8. The molecule has 0 amide bonds. The highest BCUT2D eigenvalue weighted by Gasteiger charge is 2.23. The first-order valence-electron chi connectivity index (χ1n) is 14.6. The van der Waals surface area contributed by atoms with Gasteiger partial charge in [0, 0.05) is 54.5 Å².